The number of rotatable bonds is 4. The number of piperidine rings is 1. The number of halogens is 3. The van der Waals surface area contributed by atoms with Crippen molar-refractivity contribution in [1.29, 1.82) is 0 Å². The highest BCUT2D eigenvalue weighted by molar-refractivity contribution is 7.22. The van der Waals surface area contributed by atoms with Crippen LogP contribution in [-0.4, -0.2) is 47.5 Å². The monoisotopic (exact) mass is 470 g/mol. The molecule has 32 heavy (non-hydrogen) atoms. The third-order valence-electron chi connectivity index (χ3n) is 6.31. The summed E-state index contributed by atoms with van der Waals surface area (Å²) in [4.78, 5) is 31.6. The molecule has 0 radical (unpaired) electrons. The van der Waals surface area contributed by atoms with Gasteiger partial charge in [0.25, 0.3) is 11.2 Å². The minimum absolute atomic E-state index is 0.0651. The topological polar surface area (TPSA) is 79.6 Å². The Kier molecular flexibility index (Phi) is 6.66. The Balaban J connectivity index is 1.54. The van der Waals surface area contributed by atoms with Gasteiger partial charge in [-0.2, -0.15) is 18.2 Å². The first kappa shape index (κ1) is 22.9. The summed E-state index contributed by atoms with van der Waals surface area (Å²) in [7, 11) is 0. The first-order valence-corrected chi connectivity index (χ1v) is 11.7. The van der Waals surface area contributed by atoms with Gasteiger partial charge in [-0.3, -0.25) is 14.9 Å². The molecule has 2 saturated heterocycles. The molecule has 2 aliphatic heterocycles. The van der Waals surface area contributed by atoms with Gasteiger partial charge in [-0.05, 0) is 50.8 Å². The fraction of sp³-hybridized carbons (Fsp3) is 0.619. The van der Waals surface area contributed by atoms with Crippen LogP contribution in [-0.2, 0) is 6.18 Å². The van der Waals surface area contributed by atoms with Crippen LogP contribution in [0.15, 0.2) is 16.9 Å². The highest BCUT2D eigenvalue weighted by Crippen LogP contribution is 2.38. The van der Waals surface area contributed by atoms with E-state index in [1.807, 2.05) is 4.90 Å². The molecule has 2 aromatic rings. The highest BCUT2D eigenvalue weighted by atomic mass is 32.1. The van der Waals surface area contributed by atoms with E-state index in [1.165, 1.54) is 25.7 Å². The molecule has 2 aliphatic rings. The van der Waals surface area contributed by atoms with Crippen molar-refractivity contribution in [2.24, 2.45) is 5.92 Å². The van der Waals surface area contributed by atoms with Gasteiger partial charge in [-0.1, -0.05) is 24.2 Å². The number of alkyl halides is 3. The van der Waals surface area contributed by atoms with E-state index in [1.54, 1.807) is 0 Å². The molecule has 0 amide bonds. The molecule has 1 aromatic carbocycles. The third-order valence-corrected chi connectivity index (χ3v) is 7.48. The van der Waals surface area contributed by atoms with E-state index in [-0.39, 0.29) is 10.1 Å². The van der Waals surface area contributed by atoms with Gasteiger partial charge in [-0.25, -0.2) is 0 Å². The van der Waals surface area contributed by atoms with Crippen molar-refractivity contribution in [2.45, 2.75) is 44.7 Å². The second kappa shape index (κ2) is 9.30. The van der Waals surface area contributed by atoms with E-state index in [0.717, 1.165) is 43.8 Å². The summed E-state index contributed by atoms with van der Waals surface area (Å²) < 4.78 is 39.3. The summed E-state index contributed by atoms with van der Waals surface area (Å²) in [5, 5.41) is 11.4. The molecule has 0 aliphatic carbocycles. The second-order valence-corrected chi connectivity index (χ2v) is 9.55. The lowest BCUT2D eigenvalue weighted by Gasteiger charge is -2.34. The minimum Gasteiger partial charge on any atom is -0.348 e. The van der Waals surface area contributed by atoms with Gasteiger partial charge in [0.2, 0.25) is 0 Å². The molecule has 174 valence electrons. The molecule has 11 heteroatoms. The van der Waals surface area contributed by atoms with E-state index in [9.17, 15) is 28.1 Å². The van der Waals surface area contributed by atoms with Crippen molar-refractivity contribution >= 4 is 32.2 Å². The predicted octanol–water partition coefficient (Wildman–Crippen LogP) is 4.68. The first-order valence-electron chi connectivity index (χ1n) is 10.9. The molecule has 0 atom stereocenters. The summed E-state index contributed by atoms with van der Waals surface area (Å²) in [6.45, 7) is 4.67. The van der Waals surface area contributed by atoms with Gasteiger partial charge in [0.1, 0.15) is 4.70 Å². The average Bonchev–Trinajstić information content (AvgIpc) is 3.01. The number of nitrogens with zero attached hydrogens (tertiary/aromatic N) is 4. The van der Waals surface area contributed by atoms with Crippen molar-refractivity contribution in [3.05, 3.63) is 38.2 Å². The zero-order valence-electron chi connectivity index (χ0n) is 17.6. The number of aromatic nitrogens is 1. The molecule has 0 N–H and O–H groups in total. The predicted molar refractivity (Wildman–Crippen MR) is 117 cm³/mol. The second-order valence-electron chi connectivity index (χ2n) is 8.57. The van der Waals surface area contributed by atoms with E-state index in [0.29, 0.717) is 36.3 Å². The average molecular weight is 471 g/mol. The van der Waals surface area contributed by atoms with Gasteiger partial charge in [0.05, 0.1) is 15.9 Å². The van der Waals surface area contributed by atoms with Crippen LogP contribution in [0, 0.1) is 16.0 Å². The lowest BCUT2D eigenvalue weighted by molar-refractivity contribution is -0.383. The zero-order valence-corrected chi connectivity index (χ0v) is 18.4. The molecule has 1 aromatic heterocycles. The number of likely N-dealkylation sites (tertiary alicyclic amines) is 1. The summed E-state index contributed by atoms with van der Waals surface area (Å²) in [6.07, 6.45) is 2.12. The summed E-state index contributed by atoms with van der Waals surface area (Å²) >= 11 is 0.917. The number of non-ortho nitro benzene ring substituents is 1. The normalized spacial score (nSPS) is 19.3. The van der Waals surface area contributed by atoms with Crippen LogP contribution < -0.4 is 10.5 Å². The Hall–Kier alpha value is -2.27. The van der Waals surface area contributed by atoms with Gasteiger partial charge in [-0.15, -0.1) is 0 Å². The van der Waals surface area contributed by atoms with Crippen LogP contribution in [0.5, 0.6) is 0 Å². The lowest BCUT2D eigenvalue weighted by Crippen LogP contribution is -2.39. The van der Waals surface area contributed by atoms with Crippen LogP contribution in [0.2, 0.25) is 0 Å². The smallest absolute Gasteiger partial charge is 0.348 e. The molecule has 7 nitrogen and oxygen atoms in total. The Morgan fingerprint density at radius 1 is 1.09 bits per heavy atom. The number of nitro benzene ring substituents is 1. The van der Waals surface area contributed by atoms with Crippen molar-refractivity contribution in [3.63, 3.8) is 0 Å². The quantitative estimate of drug-likeness (QED) is 0.477. The Morgan fingerprint density at radius 2 is 1.75 bits per heavy atom. The highest BCUT2D eigenvalue weighted by Gasteiger charge is 2.34. The molecule has 2 fully saturated rings. The maximum Gasteiger partial charge on any atom is 0.416 e. The Morgan fingerprint density at radius 3 is 2.34 bits per heavy atom. The molecule has 0 spiro atoms. The van der Waals surface area contributed by atoms with Crippen LogP contribution in [0.4, 0.5) is 24.0 Å². The SMILES string of the molecule is O=c1nc(N2CCC(CN3CCCCCC3)CC2)sc2c([N+](=O)[O-])cc(C(F)(F)F)cc12. The number of fused-ring (bicyclic) bond motifs is 1. The number of anilines is 1. The molecule has 0 bridgehead atoms. The molecule has 4 rings (SSSR count). The summed E-state index contributed by atoms with van der Waals surface area (Å²) in [5.41, 5.74) is -2.80. The minimum atomic E-state index is -4.79. The number of nitro groups is 1. The number of benzene rings is 1. The summed E-state index contributed by atoms with van der Waals surface area (Å²) in [6, 6.07) is 1.15. The summed E-state index contributed by atoms with van der Waals surface area (Å²) in [5.74, 6) is 0.546. The van der Waals surface area contributed by atoms with Crippen LogP contribution in [0.1, 0.15) is 44.1 Å². The van der Waals surface area contributed by atoms with Gasteiger partial charge in [0.15, 0.2) is 5.13 Å². The Labute approximate surface area is 187 Å². The standard InChI is InChI=1S/C21H25F3N4O3S/c22-21(23,24)15-11-16-18(17(12-15)28(30)31)32-20(25-19(16)29)27-9-5-14(6-10-27)13-26-7-3-1-2-4-8-26/h11-12,14H,1-10,13H2. The Bertz CT molecular complexity index is 1040. The number of hydrogen-bond donors (Lipinski definition) is 0. The lowest BCUT2D eigenvalue weighted by atomic mass is 9.96. The maximum atomic E-state index is 13.1. The van der Waals surface area contributed by atoms with Gasteiger partial charge >= 0.3 is 6.18 Å². The fourth-order valence-corrected chi connectivity index (χ4v) is 5.68. The van der Waals surface area contributed by atoms with Crippen molar-refractivity contribution in [1.82, 2.24) is 9.88 Å². The van der Waals surface area contributed by atoms with Crippen LogP contribution in [0.25, 0.3) is 10.1 Å². The molecule has 0 unspecified atom stereocenters. The van der Waals surface area contributed by atoms with Crippen molar-refractivity contribution < 1.29 is 18.1 Å². The van der Waals surface area contributed by atoms with E-state index < -0.39 is 27.9 Å². The van der Waals surface area contributed by atoms with Crippen molar-refractivity contribution in [3.8, 4) is 0 Å². The van der Waals surface area contributed by atoms with Gasteiger partial charge in [0, 0.05) is 25.7 Å². The maximum absolute atomic E-state index is 13.1. The van der Waals surface area contributed by atoms with Crippen molar-refractivity contribution in [2.75, 3.05) is 37.6 Å². The molecule has 3 heterocycles. The fourth-order valence-electron chi connectivity index (χ4n) is 4.57. The zero-order chi connectivity index (χ0) is 22.9. The van der Waals surface area contributed by atoms with Crippen LogP contribution >= 0.6 is 11.3 Å². The van der Waals surface area contributed by atoms with E-state index in [4.69, 9.17) is 0 Å². The molecule has 0 saturated carbocycles. The van der Waals surface area contributed by atoms with E-state index >= 15 is 0 Å². The molecular formula is C21H25F3N4O3S. The largest absolute Gasteiger partial charge is 0.416 e. The third kappa shape index (κ3) is 5.03. The van der Waals surface area contributed by atoms with Crippen LogP contribution in [0.3, 0.4) is 0 Å². The number of hydrogen-bond acceptors (Lipinski definition) is 7. The van der Waals surface area contributed by atoms with Gasteiger partial charge < -0.3 is 9.80 Å². The first-order chi connectivity index (χ1) is 15.2. The van der Waals surface area contributed by atoms with E-state index in [2.05, 4.69) is 9.88 Å². The molecular weight excluding hydrogens is 445 g/mol.